The zero-order chi connectivity index (χ0) is 13.3. The minimum Gasteiger partial charge on any atom is -0.382 e. The number of thiazole rings is 1. The lowest BCUT2D eigenvalue weighted by molar-refractivity contribution is 0.0833. The van der Waals surface area contributed by atoms with E-state index >= 15 is 0 Å². The van der Waals surface area contributed by atoms with Gasteiger partial charge in [0.15, 0.2) is 5.13 Å². The molecule has 1 fully saturated rings. The number of rotatable bonds is 2. The summed E-state index contributed by atoms with van der Waals surface area (Å²) in [5.41, 5.74) is 5.83. The summed E-state index contributed by atoms with van der Waals surface area (Å²) < 4.78 is 0. The third-order valence-electron chi connectivity index (χ3n) is 3.02. The lowest BCUT2D eigenvalue weighted by Gasteiger charge is -2.31. The molecule has 1 saturated heterocycles. The van der Waals surface area contributed by atoms with Crippen molar-refractivity contribution < 1.29 is 4.79 Å². The Hall–Kier alpha value is -1.34. The summed E-state index contributed by atoms with van der Waals surface area (Å²) in [7, 11) is 5.54. The molecule has 6 nitrogen and oxygen atoms in total. The van der Waals surface area contributed by atoms with Crippen LogP contribution < -0.4 is 10.6 Å². The van der Waals surface area contributed by atoms with E-state index in [-0.39, 0.29) is 5.91 Å². The molecule has 100 valence electrons. The van der Waals surface area contributed by atoms with Crippen molar-refractivity contribution in [1.82, 2.24) is 14.8 Å². The molecule has 18 heavy (non-hydrogen) atoms. The smallest absolute Gasteiger partial charge is 0.267 e. The maximum atomic E-state index is 11.9. The number of carbonyl (C=O) groups excluding carboxylic acids is 1. The van der Waals surface area contributed by atoms with Gasteiger partial charge in [0.05, 0.1) is 0 Å². The number of nitrogens with two attached hydrogens (primary N) is 1. The SMILES string of the molecule is CN1CCN(c2nc(N)c(C(=O)N(C)C)s2)CC1. The van der Waals surface area contributed by atoms with Crippen LogP contribution in [0.3, 0.4) is 0 Å². The number of carbonyl (C=O) groups is 1. The fraction of sp³-hybridized carbons (Fsp3) is 0.636. The summed E-state index contributed by atoms with van der Waals surface area (Å²) in [4.78, 5) is 22.7. The lowest BCUT2D eigenvalue weighted by atomic mass is 10.3. The Morgan fingerprint density at radius 3 is 2.50 bits per heavy atom. The van der Waals surface area contributed by atoms with Crippen LogP contribution in [0.25, 0.3) is 0 Å². The maximum absolute atomic E-state index is 11.9. The number of nitrogen functional groups attached to an aromatic ring is 1. The number of aromatic nitrogens is 1. The Labute approximate surface area is 111 Å². The molecular weight excluding hydrogens is 250 g/mol. The van der Waals surface area contributed by atoms with Gasteiger partial charge in [-0.15, -0.1) is 0 Å². The number of piperazine rings is 1. The van der Waals surface area contributed by atoms with Crippen LogP contribution in [0.5, 0.6) is 0 Å². The van der Waals surface area contributed by atoms with E-state index in [1.165, 1.54) is 16.2 Å². The van der Waals surface area contributed by atoms with Crippen LogP contribution in [0.15, 0.2) is 0 Å². The molecule has 0 saturated carbocycles. The van der Waals surface area contributed by atoms with Gasteiger partial charge in [0.1, 0.15) is 10.7 Å². The average molecular weight is 269 g/mol. The van der Waals surface area contributed by atoms with Crippen molar-refractivity contribution in [3.8, 4) is 0 Å². The van der Waals surface area contributed by atoms with E-state index in [0.717, 1.165) is 31.3 Å². The van der Waals surface area contributed by atoms with Crippen molar-refractivity contribution in [2.45, 2.75) is 0 Å². The number of hydrogen-bond acceptors (Lipinski definition) is 6. The third kappa shape index (κ3) is 2.56. The highest BCUT2D eigenvalue weighted by Gasteiger charge is 2.22. The van der Waals surface area contributed by atoms with Crippen molar-refractivity contribution in [3.05, 3.63) is 4.88 Å². The highest BCUT2D eigenvalue weighted by Crippen LogP contribution is 2.29. The molecule has 1 amide bonds. The van der Waals surface area contributed by atoms with E-state index in [1.54, 1.807) is 14.1 Å². The molecule has 1 aromatic heterocycles. The van der Waals surface area contributed by atoms with Gasteiger partial charge in [-0.05, 0) is 7.05 Å². The van der Waals surface area contributed by atoms with Crippen LogP contribution in [0.1, 0.15) is 9.67 Å². The van der Waals surface area contributed by atoms with Gasteiger partial charge in [-0.2, -0.15) is 0 Å². The topological polar surface area (TPSA) is 65.7 Å². The van der Waals surface area contributed by atoms with Crippen LogP contribution in [-0.2, 0) is 0 Å². The predicted molar refractivity (Wildman–Crippen MR) is 74.3 cm³/mol. The Morgan fingerprint density at radius 2 is 1.94 bits per heavy atom. The van der Waals surface area contributed by atoms with Crippen LogP contribution in [0, 0.1) is 0 Å². The molecule has 7 heteroatoms. The molecule has 2 heterocycles. The Kier molecular flexibility index (Phi) is 3.72. The second-order valence-corrected chi connectivity index (χ2v) is 5.68. The number of amides is 1. The quantitative estimate of drug-likeness (QED) is 0.829. The van der Waals surface area contributed by atoms with Crippen molar-refractivity contribution in [3.63, 3.8) is 0 Å². The second kappa shape index (κ2) is 5.11. The molecule has 0 bridgehead atoms. The summed E-state index contributed by atoms with van der Waals surface area (Å²) in [6.07, 6.45) is 0. The molecule has 0 unspecified atom stereocenters. The van der Waals surface area contributed by atoms with Gasteiger partial charge in [0.2, 0.25) is 0 Å². The largest absolute Gasteiger partial charge is 0.382 e. The van der Waals surface area contributed by atoms with Crippen LogP contribution in [-0.4, -0.2) is 68.0 Å². The van der Waals surface area contributed by atoms with E-state index in [4.69, 9.17) is 5.73 Å². The highest BCUT2D eigenvalue weighted by molar-refractivity contribution is 7.18. The van der Waals surface area contributed by atoms with Crippen LogP contribution in [0.2, 0.25) is 0 Å². The molecule has 0 spiro atoms. The Morgan fingerprint density at radius 1 is 1.33 bits per heavy atom. The molecule has 0 aliphatic carbocycles. The van der Waals surface area contributed by atoms with E-state index in [2.05, 4.69) is 21.8 Å². The van der Waals surface area contributed by atoms with Gasteiger partial charge >= 0.3 is 0 Å². The van der Waals surface area contributed by atoms with Crippen molar-refractivity contribution in [2.75, 3.05) is 58.0 Å². The molecule has 0 atom stereocenters. The molecule has 0 radical (unpaired) electrons. The summed E-state index contributed by atoms with van der Waals surface area (Å²) in [5, 5.41) is 0.853. The molecular formula is C11H19N5OS. The fourth-order valence-corrected chi connectivity index (χ4v) is 2.87. The number of likely N-dealkylation sites (N-methyl/N-ethyl adjacent to an activating group) is 1. The summed E-state index contributed by atoms with van der Waals surface area (Å²) >= 11 is 1.38. The van der Waals surface area contributed by atoms with E-state index in [1.807, 2.05) is 0 Å². The molecule has 2 N–H and O–H groups in total. The molecule has 1 aromatic rings. The van der Waals surface area contributed by atoms with E-state index in [0.29, 0.717) is 10.7 Å². The monoisotopic (exact) mass is 269 g/mol. The molecule has 2 rings (SSSR count). The molecule has 1 aliphatic heterocycles. The predicted octanol–water partition coefficient (Wildman–Crippen LogP) is 0.179. The standard InChI is InChI=1S/C11H19N5OS/c1-14(2)10(17)8-9(12)13-11(18-8)16-6-4-15(3)5-7-16/h4-7,12H2,1-3H3. The van der Waals surface area contributed by atoms with E-state index < -0.39 is 0 Å². The van der Waals surface area contributed by atoms with Crippen molar-refractivity contribution in [1.29, 1.82) is 0 Å². The number of anilines is 2. The van der Waals surface area contributed by atoms with E-state index in [9.17, 15) is 4.79 Å². The van der Waals surface area contributed by atoms with Crippen LogP contribution in [0.4, 0.5) is 10.9 Å². The van der Waals surface area contributed by atoms with Gasteiger partial charge in [-0.1, -0.05) is 11.3 Å². The lowest BCUT2D eigenvalue weighted by Crippen LogP contribution is -2.44. The first kappa shape index (κ1) is 13.1. The molecule has 0 aromatic carbocycles. The summed E-state index contributed by atoms with van der Waals surface area (Å²) in [5.74, 6) is 0.262. The normalized spacial score (nSPS) is 16.9. The summed E-state index contributed by atoms with van der Waals surface area (Å²) in [6.45, 7) is 3.88. The van der Waals surface area contributed by atoms with Crippen LogP contribution >= 0.6 is 11.3 Å². The molecule has 1 aliphatic rings. The third-order valence-corrected chi connectivity index (χ3v) is 4.14. The first-order valence-corrected chi connectivity index (χ1v) is 6.72. The average Bonchev–Trinajstić information content (AvgIpc) is 2.71. The highest BCUT2D eigenvalue weighted by atomic mass is 32.1. The number of nitrogens with zero attached hydrogens (tertiary/aromatic N) is 4. The Bertz CT molecular complexity index is 437. The minimum absolute atomic E-state index is 0.0784. The zero-order valence-electron chi connectivity index (χ0n) is 11.0. The van der Waals surface area contributed by atoms with Gasteiger partial charge in [-0.25, -0.2) is 4.98 Å². The first-order chi connectivity index (χ1) is 8.49. The van der Waals surface area contributed by atoms with Gasteiger partial charge in [0, 0.05) is 40.3 Å². The first-order valence-electron chi connectivity index (χ1n) is 5.90. The van der Waals surface area contributed by atoms with Gasteiger partial charge in [-0.3, -0.25) is 4.79 Å². The van der Waals surface area contributed by atoms with Crippen molar-refractivity contribution in [2.24, 2.45) is 0 Å². The van der Waals surface area contributed by atoms with Gasteiger partial charge < -0.3 is 20.4 Å². The minimum atomic E-state index is -0.0784. The number of hydrogen-bond donors (Lipinski definition) is 1. The second-order valence-electron chi connectivity index (χ2n) is 4.70. The Balaban J connectivity index is 2.16. The van der Waals surface area contributed by atoms with Crippen molar-refractivity contribution >= 4 is 28.2 Å². The maximum Gasteiger partial charge on any atom is 0.267 e. The zero-order valence-corrected chi connectivity index (χ0v) is 11.8. The summed E-state index contributed by atoms with van der Waals surface area (Å²) in [6, 6.07) is 0. The fourth-order valence-electron chi connectivity index (χ4n) is 1.81. The van der Waals surface area contributed by atoms with Gasteiger partial charge in [0.25, 0.3) is 5.91 Å².